The summed E-state index contributed by atoms with van der Waals surface area (Å²) < 4.78 is 0. The maximum Gasteiger partial charge on any atom is 0.0635 e. The lowest BCUT2D eigenvalue weighted by Crippen LogP contribution is -2.41. The highest BCUT2D eigenvalue weighted by Crippen LogP contribution is 2.37. The standard InChI is InChI=1S/C15H21ClN2/c16-13-7-6-11(9-14(13)17)10-18-8-2-4-12-3-1-5-15(12)18/h6-7,9,12,15H,1-5,8,10,17H2. The van der Waals surface area contributed by atoms with Gasteiger partial charge in [-0.15, -0.1) is 0 Å². The highest BCUT2D eigenvalue weighted by Gasteiger charge is 2.34. The lowest BCUT2D eigenvalue weighted by Gasteiger charge is -2.37. The van der Waals surface area contributed by atoms with Crippen LogP contribution in [-0.2, 0) is 6.54 Å². The summed E-state index contributed by atoms with van der Waals surface area (Å²) in [5, 5.41) is 0.663. The summed E-state index contributed by atoms with van der Waals surface area (Å²) in [4.78, 5) is 2.66. The number of piperidine rings is 1. The van der Waals surface area contributed by atoms with Gasteiger partial charge >= 0.3 is 0 Å². The lowest BCUT2D eigenvalue weighted by atomic mass is 9.91. The Labute approximate surface area is 114 Å². The van der Waals surface area contributed by atoms with Crippen LogP contribution in [0.25, 0.3) is 0 Å². The minimum Gasteiger partial charge on any atom is -0.398 e. The van der Waals surface area contributed by atoms with E-state index in [-0.39, 0.29) is 0 Å². The number of hydrogen-bond acceptors (Lipinski definition) is 2. The maximum atomic E-state index is 5.97. The molecule has 18 heavy (non-hydrogen) atoms. The number of nitrogen functional groups attached to an aromatic ring is 1. The fourth-order valence-corrected chi connectivity index (χ4v) is 3.80. The van der Waals surface area contributed by atoms with Crippen LogP contribution in [0.15, 0.2) is 18.2 Å². The molecule has 2 nitrogen and oxygen atoms in total. The molecule has 1 aliphatic heterocycles. The molecule has 0 bridgehead atoms. The zero-order chi connectivity index (χ0) is 12.5. The SMILES string of the molecule is Nc1cc(CN2CCCC3CCCC32)ccc1Cl. The summed E-state index contributed by atoms with van der Waals surface area (Å²) in [5.41, 5.74) is 7.88. The third-order valence-corrected chi connectivity index (χ3v) is 4.90. The molecule has 1 aromatic carbocycles. The number of nitrogens with two attached hydrogens (primary N) is 1. The maximum absolute atomic E-state index is 5.97. The van der Waals surface area contributed by atoms with Gasteiger partial charge in [-0.2, -0.15) is 0 Å². The van der Waals surface area contributed by atoms with E-state index in [4.69, 9.17) is 17.3 Å². The predicted molar refractivity (Wildman–Crippen MR) is 76.6 cm³/mol. The van der Waals surface area contributed by atoms with Crippen molar-refractivity contribution in [2.24, 2.45) is 5.92 Å². The molecule has 2 fully saturated rings. The van der Waals surface area contributed by atoms with Gasteiger partial charge in [0, 0.05) is 12.6 Å². The van der Waals surface area contributed by atoms with Crippen LogP contribution >= 0.6 is 11.6 Å². The van der Waals surface area contributed by atoms with Crippen molar-refractivity contribution in [3.05, 3.63) is 28.8 Å². The molecule has 2 atom stereocenters. The Bertz CT molecular complexity index is 433. The largest absolute Gasteiger partial charge is 0.398 e. The first-order chi connectivity index (χ1) is 8.74. The van der Waals surface area contributed by atoms with Crippen molar-refractivity contribution in [2.75, 3.05) is 12.3 Å². The second-order valence-corrected chi connectivity index (χ2v) is 6.13. The molecule has 3 rings (SSSR count). The van der Waals surface area contributed by atoms with E-state index in [0.29, 0.717) is 10.7 Å². The summed E-state index contributed by atoms with van der Waals surface area (Å²) in [7, 11) is 0. The average molecular weight is 265 g/mol. The monoisotopic (exact) mass is 264 g/mol. The molecule has 0 spiro atoms. The van der Waals surface area contributed by atoms with Gasteiger partial charge in [-0.1, -0.05) is 24.1 Å². The molecule has 2 unspecified atom stereocenters. The first kappa shape index (κ1) is 12.3. The zero-order valence-corrected chi connectivity index (χ0v) is 11.5. The minimum absolute atomic E-state index is 0.663. The second kappa shape index (κ2) is 5.10. The normalized spacial score (nSPS) is 28.3. The van der Waals surface area contributed by atoms with E-state index in [2.05, 4.69) is 11.0 Å². The van der Waals surface area contributed by atoms with Gasteiger partial charge in [-0.05, 0) is 55.8 Å². The van der Waals surface area contributed by atoms with E-state index in [1.807, 2.05) is 12.1 Å². The summed E-state index contributed by atoms with van der Waals surface area (Å²) >= 11 is 5.97. The van der Waals surface area contributed by atoms with E-state index < -0.39 is 0 Å². The van der Waals surface area contributed by atoms with Crippen molar-refractivity contribution in [1.29, 1.82) is 0 Å². The van der Waals surface area contributed by atoms with Crippen molar-refractivity contribution in [2.45, 2.75) is 44.7 Å². The van der Waals surface area contributed by atoms with Gasteiger partial charge in [0.1, 0.15) is 0 Å². The molecule has 1 aliphatic carbocycles. The highest BCUT2D eigenvalue weighted by atomic mass is 35.5. The summed E-state index contributed by atoms with van der Waals surface area (Å²) in [6.45, 7) is 2.27. The van der Waals surface area contributed by atoms with Crippen LogP contribution in [0.1, 0.15) is 37.7 Å². The molecule has 0 radical (unpaired) electrons. The number of fused-ring (bicyclic) bond motifs is 1. The Morgan fingerprint density at radius 3 is 2.89 bits per heavy atom. The second-order valence-electron chi connectivity index (χ2n) is 5.73. The highest BCUT2D eigenvalue weighted by molar-refractivity contribution is 6.33. The van der Waals surface area contributed by atoms with Gasteiger partial charge < -0.3 is 5.73 Å². The first-order valence-corrected chi connectivity index (χ1v) is 7.40. The van der Waals surface area contributed by atoms with E-state index in [1.54, 1.807) is 0 Å². The van der Waals surface area contributed by atoms with Gasteiger partial charge in [0.15, 0.2) is 0 Å². The van der Waals surface area contributed by atoms with Crippen molar-refractivity contribution in [1.82, 2.24) is 4.90 Å². The minimum atomic E-state index is 0.663. The van der Waals surface area contributed by atoms with E-state index >= 15 is 0 Å². The van der Waals surface area contributed by atoms with Crippen LogP contribution in [0.2, 0.25) is 5.02 Å². The Morgan fingerprint density at radius 2 is 2.06 bits per heavy atom. The Hall–Kier alpha value is -0.730. The molecule has 1 aromatic rings. The average Bonchev–Trinajstić information content (AvgIpc) is 2.83. The van der Waals surface area contributed by atoms with Crippen LogP contribution in [-0.4, -0.2) is 17.5 Å². The number of anilines is 1. The fraction of sp³-hybridized carbons (Fsp3) is 0.600. The number of rotatable bonds is 2. The quantitative estimate of drug-likeness (QED) is 0.826. The summed E-state index contributed by atoms with van der Waals surface area (Å²) in [6, 6.07) is 6.87. The number of likely N-dealkylation sites (tertiary alicyclic amines) is 1. The van der Waals surface area contributed by atoms with Crippen molar-refractivity contribution in [3.63, 3.8) is 0 Å². The third-order valence-electron chi connectivity index (χ3n) is 4.55. The van der Waals surface area contributed by atoms with Gasteiger partial charge in [-0.25, -0.2) is 0 Å². The molecular formula is C15H21ClN2. The summed E-state index contributed by atoms with van der Waals surface area (Å²) in [6.07, 6.45) is 7.01. The van der Waals surface area contributed by atoms with Crippen LogP contribution in [0.3, 0.4) is 0 Å². The molecular weight excluding hydrogens is 244 g/mol. The molecule has 98 valence electrons. The number of hydrogen-bond donors (Lipinski definition) is 1. The Kier molecular flexibility index (Phi) is 3.49. The van der Waals surface area contributed by atoms with Gasteiger partial charge in [0.05, 0.1) is 10.7 Å². The predicted octanol–water partition coefficient (Wildman–Crippen LogP) is 3.69. The molecule has 3 heteroatoms. The van der Waals surface area contributed by atoms with Crippen molar-refractivity contribution in [3.8, 4) is 0 Å². The summed E-state index contributed by atoms with van der Waals surface area (Å²) in [5.74, 6) is 0.948. The molecule has 1 heterocycles. The van der Waals surface area contributed by atoms with Crippen LogP contribution in [0.4, 0.5) is 5.69 Å². The number of nitrogens with zero attached hydrogens (tertiary/aromatic N) is 1. The van der Waals surface area contributed by atoms with E-state index in [0.717, 1.165) is 18.5 Å². The van der Waals surface area contributed by atoms with Crippen molar-refractivity contribution < 1.29 is 0 Å². The smallest absolute Gasteiger partial charge is 0.0635 e. The molecule has 1 saturated carbocycles. The Morgan fingerprint density at radius 1 is 1.22 bits per heavy atom. The van der Waals surface area contributed by atoms with Crippen LogP contribution < -0.4 is 5.73 Å². The van der Waals surface area contributed by atoms with E-state index in [9.17, 15) is 0 Å². The van der Waals surface area contributed by atoms with E-state index in [1.165, 1.54) is 44.2 Å². The number of halogens is 1. The van der Waals surface area contributed by atoms with Gasteiger partial charge in [-0.3, -0.25) is 4.90 Å². The fourth-order valence-electron chi connectivity index (χ4n) is 3.68. The van der Waals surface area contributed by atoms with Crippen molar-refractivity contribution >= 4 is 17.3 Å². The van der Waals surface area contributed by atoms with Crippen LogP contribution in [0, 0.1) is 5.92 Å². The van der Waals surface area contributed by atoms with Gasteiger partial charge in [0.25, 0.3) is 0 Å². The van der Waals surface area contributed by atoms with Gasteiger partial charge in [0.2, 0.25) is 0 Å². The van der Waals surface area contributed by atoms with Crippen LogP contribution in [0.5, 0.6) is 0 Å². The topological polar surface area (TPSA) is 29.3 Å². The number of benzene rings is 1. The molecule has 2 N–H and O–H groups in total. The zero-order valence-electron chi connectivity index (χ0n) is 10.7. The lowest BCUT2D eigenvalue weighted by molar-refractivity contribution is 0.106. The molecule has 1 saturated heterocycles. The first-order valence-electron chi connectivity index (χ1n) is 7.02. The third kappa shape index (κ3) is 2.36. The molecule has 0 aromatic heterocycles. The molecule has 2 aliphatic rings. The Balaban J connectivity index is 1.73. The molecule has 0 amide bonds.